The van der Waals surface area contributed by atoms with Gasteiger partial charge in [-0.05, 0) is 72.0 Å². The summed E-state index contributed by atoms with van der Waals surface area (Å²) in [5, 5.41) is 10.1. The lowest BCUT2D eigenvalue weighted by Crippen LogP contribution is -2.57. The molecule has 38 heavy (non-hydrogen) atoms. The second kappa shape index (κ2) is 12.8. The summed E-state index contributed by atoms with van der Waals surface area (Å²) in [4.78, 5) is 0. The van der Waals surface area contributed by atoms with Gasteiger partial charge < -0.3 is 23.1 Å². The summed E-state index contributed by atoms with van der Waals surface area (Å²) in [7, 11) is -6.04. The monoisotopic (exact) mass is 586 g/mol. The Kier molecular flexibility index (Phi) is 12.2. The van der Waals surface area contributed by atoms with Crippen LogP contribution in [0.5, 0.6) is 0 Å². The molecule has 0 heterocycles. The molecule has 5 nitrogen and oxygen atoms in total. The van der Waals surface area contributed by atoms with Crippen LogP contribution in [0.15, 0.2) is 23.8 Å². The molecule has 0 aliphatic heterocycles. The number of hydrogen-bond donors (Lipinski definition) is 1. The lowest BCUT2D eigenvalue weighted by atomic mass is 9.84. The maximum atomic E-state index is 9.80. The van der Waals surface area contributed by atoms with Gasteiger partial charge in [-0.2, -0.15) is 0 Å². The number of aliphatic hydroxyl groups excluding tert-OH is 1. The van der Waals surface area contributed by atoms with E-state index in [1.54, 1.807) is 0 Å². The molecule has 1 saturated carbocycles. The second-order valence-corrected chi connectivity index (χ2v) is 30.0. The van der Waals surface area contributed by atoms with Crippen LogP contribution in [-0.4, -0.2) is 68.2 Å². The van der Waals surface area contributed by atoms with E-state index in [0.717, 1.165) is 17.6 Å². The zero-order valence-electron chi connectivity index (χ0n) is 27.6. The SMILES string of the molecule is C=C1/C(=C\CO)C[C@@H](O[Si](C)(C)C(C)(C)C)[C@H](OCCCO[Si](C)(C)C(C)(C)C)[C@@H]1O[Si](C)(C)C(C)(C)C. The average Bonchev–Trinajstić information content (AvgIpc) is 2.70. The Morgan fingerprint density at radius 2 is 1.26 bits per heavy atom. The van der Waals surface area contributed by atoms with Crippen molar-refractivity contribution in [2.24, 2.45) is 0 Å². The van der Waals surface area contributed by atoms with Gasteiger partial charge >= 0.3 is 0 Å². The molecule has 8 heteroatoms. The van der Waals surface area contributed by atoms with Gasteiger partial charge in [0, 0.05) is 19.6 Å². The minimum atomic E-state index is -2.15. The summed E-state index contributed by atoms with van der Waals surface area (Å²) in [5.74, 6) is 0. The van der Waals surface area contributed by atoms with Crippen molar-refractivity contribution in [1.82, 2.24) is 0 Å². The van der Waals surface area contributed by atoms with E-state index in [4.69, 9.17) is 18.0 Å². The first-order valence-corrected chi connectivity index (χ1v) is 23.2. The first-order chi connectivity index (χ1) is 16.9. The Morgan fingerprint density at radius 1 is 0.789 bits per heavy atom. The zero-order valence-corrected chi connectivity index (χ0v) is 30.6. The fourth-order valence-electron chi connectivity index (χ4n) is 3.68. The van der Waals surface area contributed by atoms with Crippen molar-refractivity contribution in [2.45, 2.75) is 148 Å². The molecule has 1 fully saturated rings. The van der Waals surface area contributed by atoms with Crippen molar-refractivity contribution in [2.75, 3.05) is 19.8 Å². The summed E-state index contributed by atoms with van der Waals surface area (Å²) in [6.45, 7) is 39.8. The van der Waals surface area contributed by atoms with Crippen molar-refractivity contribution in [3.8, 4) is 0 Å². The third kappa shape index (κ3) is 9.23. The molecular formula is C30H62O5Si3. The van der Waals surface area contributed by atoms with Crippen LogP contribution < -0.4 is 0 Å². The lowest BCUT2D eigenvalue weighted by molar-refractivity contribution is -0.0880. The molecule has 0 amide bonds. The maximum Gasteiger partial charge on any atom is 0.193 e. The first-order valence-electron chi connectivity index (χ1n) is 14.5. The van der Waals surface area contributed by atoms with E-state index >= 15 is 0 Å². The van der Waals surface area contributed by atoms with Gasteiger partial charge in [0.2, 0.25) is 0 Å². The Labute approximate surface area is 239 Å². The first kappa shape index (κ1) is 36.0. The highest BCUT2D eigenvalue weighted by molar-refractivity contribution is 6.75. The quantitative estimate of drug-likeness (QED) is 0.194. The van der Waals surface area contributed by atoms with E-state index in [2.05, 4.69) is 108 Å². The van der Waals surface area contributed by atoms with Crippen molar-refractivity contribution in [3.63, 3.8) is 0 Å². The van der Waals surface area contributed by atoms with E-state index < -0.39 is 25.0 Å². The highest BCUT2D eigenvalue weighted by Gasteiger charge is 2.49. The Hall–Kier alpha value is -0.0694. The second-order valence-electron chi connectivity index (χ2n) is 15.7. The number of ether oxygens (including phenoxy) is 1. The van der Waals surface area contributed by atoms with Crippen LogP contribution in [0.3, 0.4) is 0 Å². The molecule has 0 bridgehead atoms. The molecule has 3 atom stereocenters. The number of hydrogen-bond acceptors (Lipinski definition) is 5. The number of aliphatic hydroxyl groups is 1. The Bertz CT molecular complexity index is 813. The van der Waals surface area contributed by atoms with E-state index in [1.807, 2.05) is 6.08 Å². The summed E-state index contributed by atoms with van der Waals surface area (Å²) in [6.07, 6.45) is 2.65. The third-order valence-electron chi connectivity index (χ3n) is 9.53. The van der Waals surface area contributed by atoms with Gasteiger partial charge in [-0.3, -0.25) is 0 Å². The Balaban J connectivity index is 3.30. The normalized spacial score (nSPS) is 23.8. The molecule has 0 aromatic carbocycles. The van der Waals surface area contributed by atoms with Gasteiger partial charge in [0.05, 0.1) is 18.8 Å². The molecule has 1 N–H and O–H groups in total. The lowest BCUT2D eigenvalue weighted by Gasteiger charge is -2.49. The van der Waals surface area contributed by atoms with Gasteiger partial charge in [0.25, 0.3) is 0 Å². The van der Waals surface area contributed by atoms with Gasteiger partial charge in [0.15, 0.2) is 25.0 Å². The topological polar surface area (TPSA) is 57.2 Å². The molecule has 0 radical (unpaired) electrons. The molecule has 224 valence electrons. The summed E-state index contributed by atoms with van der Waals surface area (Å²) in [5.41, 5.74) is 1.95. The molecule has 0 unspecified atom stereocenters. The van der Waals surface area contributed by atoms with Gasteiger partial charge in [0.1, 0.15) is 6.10 Å². The molecular weight excluding hydrogens is 525 g/mol. The van der Waals surface area contributed by atoms with E-state index in [1.165, 1.54) is 0 Å². The van der Waals surface area contributed by atoms with E-state index in [-0.39, 0.29) is 40.0 Å². The third-order valence-corrected chi connectivity index (χ3v) is 23.0. The summed E-state index contributed by atoms with van der Waals surface area (Å²) < 4.78 is 27.2. The highest BCUT2D eigenvalue weighted by Crippen LogP contribution is 2.45. The van der Waals surface area contributed by atoms with Crippen LogP contribution in [0.25, 0.3) is 0 Å². The van der Waals surface area contributed by atoms with Gasteiger partial charge in [-0.25, -0.2) is 0 Å². The van der Waals surface area contributed by atoms with Crippen LogP contribution in [0.4, 0.5) is 0 Å². The predicted molar refractivity (Wildman–Crippen MR) is 171 cm³/mol. The Morgan fingerprint density at radius 3 is 1.71 bits per heavy atom. The van der Waals surface area contributed by atoms with Crippen LogP contribution in [0.1, 0.15) is 75.2 Å². The van der Waals surface area contributed by atoms with Gasteiger partial charge in [-0.1, -0.05) is 75.0 Å². The van der Waals surface area contributed by atoms with E-state index in [0.29, 0.717) is 19.6 Å². The van der Waals surface area contributed by atoms with Crippen molar-refractivity contribution in [3.05, 3.63) is 23.8 Å². The highest BCUT2D eigenvalue weighted by atomic mass is 28.4. The molecule has 0 aromatic heterocycles. The van der Waals surface area contributed by atoms with Crippen molar-refractivity contribution >= 4 is 25.0 Å². The fourth-order valence-corrected chi connectivity index (χ4v) is 7.36. The largest absolute Gasteiger partial charge is 0.417 e. The van der Waals surface area contributed by atoms with Crippen LogP contribution in [0.2, 0.25) is 54.4 Å². The van der Waals surface area contributed by atoms with Crippen LogP contribution in [-0.2, 0) is 18.0 Å². The van der Waals surface area contributed by atoms with Crippen LogP contribution in [0, 0.1) is 0 Å². The molecule has 0 saturated heterocycles. The standard InChI is InChI=1S/C30H62O5Si3/c1-23-24(18-19-31)22-25(34-37(13,14)29(5,6)7)27(26(23)35-38(15,16)30(8,9)10)32-20-17-21-33-36(11,12)28(2,3)4/h18,25-27,31H,1,17,19-22H2,2-16H3/b24-18-/t25-,26-,27+/m1/s1. The minimum Gasteiger partial charge on any atom is -0.417 e. The summed E-state index contributed by atoms with van der Waals surface area (Å²) >= 11 is 0. The van der Waals surface area contributed by atoms with Gasteiger partial charge in [-0.15, -0.1) is 0 Å². The molecule has 1 rings (SSSR count). The maximum absolute atomic E-state index is 9.80. The molecule has 0 spiro atoms. The molecule has 0 aromatic rings. The molecule has 1 aliphatic rings. The van der Waals surface area contributed by atoms with E-state index in [9.17, 15) is 5.11 Å². The zero-order chi connectivity index (χ0) is 30.0. The number of rotatable bonds is 11. The summed E-state index contributed by atoms with van der Waals surface area (Å²) in [6, 6.07) is 0. The average molecular weight is 587 g/mol. The van der Waals surface area contributed by atoms with Crippen molar-refractivity contribution < 1.29 is 23.1 Å². The van der Waals surface area contributed by atoms with Crippen LogP contribution >= 0.6 is 0 Å². The molecule has 1 aliphatic carbocycles. The smallest absolute Gasteiger partial charge is 0.193 e. The fraction of sp³-hybridized carbons (Fsp3) is 0.867. The predicted octanol–water partition coefficient (Wildman–Crippen LogP) is 8.44. The van der Waals surface area contributed by atoms with Crippen molar-refractivity contribution in [1.29, 1.82) is 0 Å². The minimum absolute atomic E-state index is 0.0235.